The van der Waals surface area contributed by atoms with Gasteiger partial charge in [-0.15, -0.1) is 0 Å². The van der Waals surface area contributed by atoms with Gasteiger partial charge in [0, 0.05) is 18.0 Å². The second-order valence-corrected chi connectivity index (χ2v) is 7.47. The van der Waals surface area contributed by atoms with Crippen LogP contribution in [0.3, 0.4) is 0 Å². The van der Waals surface area contributed by atoms with Crippen molar-refractivity contribution in [2.45, 2.75) is 24.3 Å². The molecule has 0 saturated carbocycles. The molecular formula is C18H19N3O2S. The molecule has 1 aromatic carbocycles. The molecule has 1 aromatic heterocycles. The number of hydrogen-bond donors (Lipinski definition) is 1. The van der Waals surface area contributed by atoms with Gasteiger partial charge in [-0.05, 0) is 29.8 Å². The molecule has 0 radical (unpaired) electrons. The maximum atomic E-state index is 9.91. The second-order valence-electron chi connectivity index (χ2n) is 6.07. The maximum absolute atomic E-state index is 9.91. The minimum atomic E-state index is -0.0459. The number of thioether (sulfide) groups is 1. The van der Waals surface area contributed by atoms with Crippen LogP contribution in [0.25, 0.3) is 0 Å². The van der Waals surface area contributed by atoms with Crippen LogP contribution in [-0.2, 0) is 0 Å². The molecule has 124 valence electrons. The number of ether oxygens (including phenoxy) is 1. The van der Waals surface area contributed by atoms with Gasteiger partial charge in [-0.25, -0.2) is 0 Å². The number of benzene rings is 1. The van der Waals surface area contributed by atoms with Crippen molar-refractivity contribution in [1.29, 1.82) is 0 Å². The highest BCUT2D eigenvalue weighted by molar-refractivity contribution is 8.14. The lowest BCUT2D eigenvalue weighted by atomic mass is 9.96. The molecule has 1 fully saturated rings. The van der Waals surface area contributed by atoms with Gasteiger partial charge in [-0.2, -0.15) is 0 Å². The second kappa shape index (κ2) is 6.02. The highest BCUT2D eigenvalue weighted by Crippen LogP contribution is 2.48. The number of nitrogens with zero attached hydrogens (tertiary/aromatic N) is 3. The standard InChI is InChI=1S/C18H19N3O2S/c1-11-10-21-17(12-6-7-14(22)15(9-12)23-2)16(20-18(21)24-11)13-5-3-4-8-19-13/h3-9,11,16-17,22H,10H2,1-2H3/t11-,16-,17-/m0/s1. The Kier molecular flexibility index (Phi) is 3.84. The predicted molar refractivity (Wildman–Crippen MR) is 95.6 cm³/mol. The van der Waals surface area contributed by atoms with Gasteiger partial charge in [-0.3, -0.25) is 9.98 Å². The van der Waals surface area contributed by atoms with Crippen LogP contribution in [0.4, 0.5) is 0 Å². The molecule has 24 heavy (non-hydrogen) atoms. The first-order valence-electron chi connectivity index (χ1n) is 7.96. The lowest BCUT2D eigenvalue weighted by Crippen LogP contribution is -2.28. The number of rotatable bonds is 3. The topological polar surface area (TPSA) is 58.0 Å². The molecule has 0 bridgehead atoms. The Morgan fingerprint density at radius 3 is 2.92 bits per heavy atom. The maximum Gasteiger partial charge on any atom is 0.160 e. The van der Waals surface area contributed by atoms with E-state index >= 15 is 0 Å². The van der Waals surface area contributed by atoms with E-state index in [1.165, 1.54) is 0 Å². The fraction of sp³-hybridized carbons (Fsp3) is 0.333. The number of aromatic nitrogens is 1. The first-order valence-corrected chi connectivity index (χ1v) is 8.84. The summed E-state index contributed by atoms with van der Waals surface area (Å²) in [7, 11) is 1.57. The molecule has 1 saturated heterocycles. The molecule has 6 heteroatoms. The molecular weight excluding hydrogens is 322 g/mol. The molecule has 4 rings (SSSR count). The Morgan fingerprint density at radius 2 is 2.17 bits per heavy atom. The molecule has 2 aliphatic heterocycles. The number of phenols is 1. The predicted octanol–water partition coefficient (Wildman–Crippen LogP) is 3.39. The summed E-state index contributed by atoms with van der Waals surface area (Å²) in [6.07, 6.45) is 1.81. The summed E-state index contributed by atoms with van der Waals surface area (Å²) in [4.78, 5) is 11.8. The van der Waals surface area contributed by atoms with E-state index in [2.05, 4.69) is 16.8 Å². The SMILES string of the molecule is COc1cc([C@H]2[C@H](c3ccccn3)N=C3S[C@@H](C)CN32)ccc1O. The summed E-state index contributed by atoms with van der Waals surface area (Å²) in [5.41, 5.74) is 2.04. The number of fused-ring (bicyclic) bond motifs is 1. The highest BCUT2D eigenvalue weighted by atomic mass is 32.2. The molecule has 2 aromatic rings. The number of aromatic hydroxyl groups is 1. The molecule has 0 unspecified atom stereocenters. The number of pyridine rings is 1. The average molecular weight is 341 g/mol. The molecule has 3 atom stereocenters. The molecule has 0 amide bonds. The van der Waals surface area contributed by atoms with E-state index in [1.54, 1.807) is 13.2 Å². The van der Waals surface area contributed by atoms with Crippen LogP contribution in [0.5, 0.6) is 11.5 Å². The van der Waals surface area contributed by atoms with Crippen LogP contribution in [0.1, 0.15) is 30.3 Å². The normalized spacial score (nSPS) is 25.5. The first-order chi connectivity index (χ1) is 11.7. The summed E-state index contributed by atoms with van der Waals surface area (Å²) >= 11 is 1.81. The van der Waals surface area contributed by atoms with E-state index in [0.717, 1.165) is 23.0 Å². The minimum Gasteiger partial charge on any atom is -0.504 e. The van der Waals surface area contributed by atoms with E-state index in [4.69, 9.17) is 9.73 Å². The smallest absolute Gasteiger partial charge is 0.160 e. The van der Waals surface area contributed by atoms with E-state index < -0.39 is 0 Å². The van der Waals surface area contributed by atoms with Gasteiger partial charge in [0.1, 0.15) is 6.04 Å². The average Bonchev–Trinajstić information content (AvgIpc) is 3.12. The van der Waals surface area contributed by atoms with Gasteiger partial charge in [-0.1, -0.05) is 30.8 Å². The van der Waals surface area contributed by atoms with Crippen LogP contribution < -0.4 is 4.74 Å². The van der Waals surface area contributed by atoms with Crippen LogP contribution in [-0.4, -0.2) is 39.1 Å². The Morgan fingerprint density at radius 1 is 1.29 bits per heavy atom. The number of aliphatic imine (C=N–C) groups is 1. The Hall–Kier alpha value is -2.21. The molecule has 5 nitrogen and oxygen atoms in total. The third kappa shape index (κ3) is 2.51. The van der Waals surface area contributed by atoms with Crippen molar-refractivity contribution in [3.8, 4) is 11.5 Å². The lowest BCUT2D eigenvalue weighted by molar-refractivity contribution is 0.318. The van der Waals surface area contributed by atoms with Crippen molar-refractivity contribution in [2.75, 3.05) is 13.7 Å². The van der Waals surface area contributed by atoms with Crippen LogP contribution >= 0.6 is 11.8 Å². The molecule has 3 heterocycles. The Labute approximate surface area is 145 Å². The van der Waals surface area contributed by atoms with Crippen molar-refractivity contribution in [2.24, 2.45) is 4.99 Å². The van der Waals surface area contributed by atoms with Crippen LogP contribution in [0.2, 0.25) is 0 Å². The van der Waals surface area contributed by atoms with Crippen molar-refractivity contribution >= 4 is 16.9 Å². The zero-order valence-electron chi connectivity index (χ0n) is 13.6. The number of methoxy groups -OCH3 is 1. The van der Waals surface area contributed by atoms with Crippen molar-refractivity contribution in [1.82, 2.24) is 9.88 Å². The quantitative estimate of drug-likeness (QED) is 0.927. The number of phenolic OH excluding ortho intramolecular Hbond substituents is 1. The van der Waals surface area contributed by atoms with Crippen molar-refractivity contribution in [3.63, 3.8) is 0 Å². The fourth-order valence-corrected chi connectivity index (χ4v) is 4.45. The third-order valence-electron chi connectivity index (χ3n) is 4.43. The van der Waals surface area contributed by atoms with Gasteiger partial charge in [0.25, 0.3) is 0 Å². The van der Waals surface area contributed by atoms with Crippen molar-refractivity contribution < 1.29 is 9.84 Å². The van der Waals surface area contributed by atoms with Crippen molar-refractivity contribution in [3.05, 3.63) is 53.9 Å². The Balaban J connectivity index is 1.78. The monoisotopic (exact) mass is 341 g/mol. The van der Waals surface area contributed by atoms with Crippen LogP contribution in [0.15, 0.2) is 47.6 Å². The molecule has 0 aliphatic carbocycles. The van der Waals surface area contributed by atoms with E-state index in [0.29, 0.717) is 11.0 Å². The summed E-state index contributed by atoms with van der Waals surface area (Å²) in [6.45, 7) is 3.18. The number of hydrogen-bond acceptors (Lipinski definition) is 6. The Bertz CT molecular complexity index is 781. The molecule has 2 aliphatic rings. The fourth-order valence-electron chi connectivity index (χ4n) is 3.36. The van der Waals surface area contributed by atoms with Gasteiger partial charge in [0.05, 0.1) is 18.8 Å². The minimum absolute atomic E-state index is 0.0459. The van der Waals surface area contributed by atoms with Gasteiger partial charge in [0.2, 0.25) is 0 Å². The van der Waals surface area contributed by atoms with E-state index in [1.807, 2.05) is 48.3 Å². The van der Waals surface area contributed by atoms with Gasteiger partial charge in [0.15, 0.2) is 16.7 Å². The van der Waals surface area contributed by atoms with E-state index in [9.17, 15) is 5.11 Å². The number of amidine groups is 1. The molecule has 0 spiro atoms. The summed E-state index contributed by atoms with van der Waals surface area (Å²) in [5.74, 6) is 0.638. The summed E-state index contributed by atoms with van der Waals surface area (Å²) in [6, 6.07) is 11.5. The first kappa shape index (κ1) is 15.3. The highest BCUT2D eigenvalue weighted by Gasteiger charge is 2.43. The van der Waals surface area contributed by atoms with E-state index in [-0.39, 0.29) is 17.8 Å². The lowest BCUT2D eigenvalue weighted by Gasteiger charge is -2.27. The molecule has 1 N–H and O–H groups in total. The van der Waals surface area contributed by atoms with Gasteiger partial charge < -0.3 is 14.7 Å². The zero-order chi connectivity index (χ0) is 16.7. The van der Waals surface area contributed by atoms with Gasteiger partial charge >= 0.3 is 0 Å². The van der Waals surface area contributed by atoms with Crippen LogP contribution in [0, 0.1) is 0 Å². The third-order valence-corrected chi connectivity index (χ3v) is 5.53. The summed E-state index contributed by atoms with van der Waals surface area (Å²) in [5, 5.41) is 11.5. The summed E-state index contributed by atoms with van der Waals surface area (Å²) < 4.78 is 5.29. The largest absolute Gasteiger partial charge is 0.504 e. The zero-order valence-corrected chi connectivity index (χ0v) is 14.4.